The Balaban J connectivity index is 0. The Morgan fingerprint density at radius 3 is 0.500 bits per heavy atom. The molecular formula is DyGe3. The van der Waals surface area contributed by atoms with Crippen LogP contribution >= 0.6 is 0 Å². The summed E-state index contributed by atoms with van der Waals surface area (Å²) in [5.41, 5.74) is 0. The summed E-state index contributed by atoms with van der Waals surface area (Å²) in [6.07, 6.45) is 0. The molecule has 0 aliphatic rings. The summed E-state index contributed by atoms with van der Waals surface area (Å²) >= 11 is 0. The molecule has 0 atom stereocenters. The number of hydrogen-bond acceptors (Lipinski definition) is 0. The van der Waals surface area contributed by atoms with E-state index in [0.717, 1.165) is 0 Å². The summed E-state index contributed by atoms with van der Waals surface area (Å²) in [4.78, 5) is 0. The minimum atomic E-state index is 0. The fourth-order valence-corrected chi connectivity index (χ4v) is 0. The van der Waals surface area contributed by atoms with Crippen molar-refractivity contribution in [1.82, 2.24) is 0 Å². The van der Waals surface area contributed by atoms with E-state index >= 15 is 0 Å². The fourth-order valence-electron chi connectivity index (χ4n) is 0. The molecule has 0 aromatic carbocycles. The molecule has 0 saturated heterocycles. The normalized spacial score (nSPS) is 0. The van der Waals surface area contributed by atoms with Crippen molar-refractivity contribution in [3.05, 3.63) is 0 Å². The molecule has 0 N–H and O–H groups in total. The van der Waals surface area contributed by atoms with E-state index in [1.807, 2.05) is 0 Å². The van der Waals surface area contributed by atoms with Crippen molar-refractivity contribution in [2.24, 2.45) is 0 Å². The van der Waals surface area contributed by atoms with Crippen molar-refractivity contribution < 1.29 is 38.2 Å². The number of hydrogen-bond donors (Lipinski definition) is 0. The Labute approximate surface area is 89.2 Å². The van der Waals surface area contributed by atoms with Gasteiger partial charge in [-0.3, -0.25) is 0 Å². The molecule has 0 spiro atoms. The maximum Gasteiger partial charge on any atom is 0 e. The Morgan fingerprint density at radius 1 is 0.500 bits per heavy atom. The van der Waals surface area contributed by atoms with Crippen LogP contribution in [0.25, 0.3) is 0 Å². The van der Waals surface area contributed by atoms with E-state index in [1.54, 1.807) is 0 Å². The van der Waals surface area contributed by atoms with Crippen molar-refractivity contribution in [2.75, 3.05) is 0 Å². The van der Waals surface area contributed by atoms with Crippen LogP contribution in [-0.2, 0) is 0 Å². The van der Waals surface area contributed by atoms with Crippen molar-refractivity contribution in [2.45, 2.75) is 0 Å². The SMILES string of the molecule is [Dy].[Ge].[Ge].[Ge]. The van der Waals surface area contributed by atoms with Crippen LogP contribution in [0.1, 0.15) is 0 Å². The van der Waals surface area contributed by atoms with Gasteiger partial charge in [-0.05, 0) is 0 Å². The minimum Gasteiger partial charge on any atom is 0 e. The van der Waals surface area contributed by atoms with Gasteiger partial charge in [0.25, 0.3) is 0 Å². The predicted octanol–water partition coefficient (Wildman–Crippen LogP) is -1.14. The summed E-state index contributed by atoms with van der Waals surface area (Å²) in [6, 6.07) is 0. The number of rotatable bonds is 0. The van der Waals surface area contributed by atoms with Crippen molar-refractivity contribution in [3.63, 3.8) is 0 Å². The molecule has 0 unspecified atom stereocenters. The second-order valence-electron chi connectivity index (χ2n) is 0. The molecule has 4 heavy (non-hydrogen) atoms. The summed E-state index contributed by atoms with van der Waals surface area (Å²) in [5, 5.41) is 0. The quantitative estimate of drug-likeness (QED) is 0.466. The van der Waals surface area contributed by atoms with Crippen LogP contribution in [-0.4, -0.2) is 52.8 Å². The van der Waals surface area contributed by atoms with E-state index < -0.39 is 0 Å². The van der Waals surface area contributed by atoms with Crippen molar-refractivity contribution in [1.29, 1.82) is 0 Å². The third kappa shape index (κ3) is 8.86. The van der Waals surface area contributed by atoms with Crippen LogP contribution in [0.5, 0.6) is 0 Å². The van der Waals surface area contributed by atoms with Crippen LogP contribution < -0.4 is 0 Å². The van der Waals surface area contributed by atoms with E-state index in [4.69, 9.17) is 0 Å². The summed E-state index contributed by atoms with van der Waals surface area (Å²) in [7, 11) is 0. The van der Waals surface area contributed by atoms with Gasteiger partial charge in [0, 0.05) is 91.0 Å². The molecule has 0 fully saturated rings. The van der Waals surface area contributed by atoms with Crippen molar-refractivity contribution >= 4 is 52.8 Å². The molecule has 0 aliphatic carbocycles. The Kier molecular flexibility index (Phi) is 120. The third-order valence-electron chi connectivity index (χ3n) is 0. The topological polar surface area (TPSA) is 0 Å². The molecule has 0 nitrogen and oxygen atoms in total. The zero-order valence-corrected chi connectivity index (χ0v) is 10.1. The molecule has 0 amide bonds. The average Bonchev–Trinajstić information content (AvgIpc) is 0. The van der Waals surface area contributed by atoms with E-state index in [9.17, 15) is 0 Å². The van der Waals surface area contributed by atoms with Crippen LogP contribution in [0.2, 0.25) is 0 Å². The summed E-state index contributed by atoms with van der Waals surface area (Å²) < 4.78 is 0. The van der Waals surface area contributed by atoms with Gasteiger partial charge in [0.05, 0.1) is 0 Å². The van der Waals surface area contributed by atoms with E-state index in [-0.39, 0.29) is 91.0 Å². The van der Waals surface area contributed by atoms with Gasteiger partial charge in [-0.25, -0.2) is 0 Å². The first-order valence-electron chi connectivity index (χ1n) is 0. The minimum absolute atomic E-state index is 0. The van der Waals surface area contributed by atoms with Gasteiger partial charge in [0.15, 0.2) is 0 Å². The first-order valence-corrected chi connectivity index (χ1v) is 0. The van der Waals surface area contributed by atoms with Crippen LogP contribution in [0.3, 0.4) is 0 Å². The zero-order valence-electron chi connectivity index (χ0n) is 1.82. The molecule has 4 heteroatoms. The largest absolute Gasteiger partial charge is 0 e. The van der Waals surface area contributed by atoms with Gasteiger partial charge in [-0.1, -0.05) is 0 Å². The molecule has 0 heterocycles. The molecule has 0 aromatic heterocycles. The molecule has 0 aromatic rings. The molecule has 0 saturated carbocycles. The average molecular weight is 380 g/mol. The first kappa shape index (κ1) is 28.6. The van der Waals surface area contributed by atoms with Gasteiger partial charge in [-0.15, -0.1) is 0 Å². The van der Waals surface area contributed by atoms with E-state index in [0.29, 0.717) is 0 Å². The molecule has 22 valence electrons. The molecule has 0 rings (SSSR count). The maximum absolute atomic E-state index is 0. The molecule has 12 radical (unpaired) electrons. The smallest absolute Gasteiger partial charge is 0 e. The van der Waals surface area contributed by atoms with Crippen LogP contribution in [0.15, 0.2) is 0 Å². The van der Waals surface area contributed by atoms with Gasteiger partial charge in [-0.2, -0.15) is 0 Å². The molecule has 0 bridgehead atoms. The van der Waals surface area contributed by atoms with E-state index in [1.165, 1.54) is 0 Å². The zero-order chi connectivity index (χ0) is 0. The fraction of sp³-hybridized carbons (Fsp3) is 0. The Morgan fingerprint density at radius 2 is 0.500 bits per heavy atom. The van der Waals surface area contributed by atoms with Gasteiger partial charge in [0.1, 0.15) is 0 Å². The first-order chi connectivity index (χ1) is 0. The Hall–Kier alpha value is 2.90. The molecular weight excluding hydrogens is 380 g/mol. The Bertz CT molecular complexity index is 3.25. The maximum atomic E-state index is 0. The van der Waals surface area contributed by atoms with Gasteiger partial charge < -0.3 is 0 Å². The van der Waals surface area contributed by atoms with Crippen molar-refractivity contribution in [3.8, 4) is 0 Å². The van der Waals surface area contributed by atoms with Crippen LogP contribution in [0, 0.1) is 38.2 Å². The van der Waals surface area contributed by atoms with Gasteiger partial charge in [0.2, 0.25) is 0 Å². The second-order valence-corrected chi connectivity index (χ2v) is 0. The predicted molar refractivity (Wildman–Crippen MR) is 17.3 cm³/mol. The summed E-state index contributed by atoms with van der Waals surface area (Å²) in [6.45, 7) is 0. The second kappa shape index (κ2) is 16.8. The molecule has 0 aliphatic heterocycles. The third-order valence-corrected chi connectivity index (χ3v) is 0. The standard InChI is InChI=1S/Dy.3Ge. The summed E-state index contributed by atoms with van der Waals surface area (Å²) in [5.74, 6) is 0. The monoisotopic (exact) mass is 386 g/mol. The van der Waals surface area contributed by atoms with E-state index in [2.05, 4.69) is 0 Å². The van der Waals surface area contributed by atoms with Crippen LogP contribution in [0.4, 0.5) is 0 Å². The van der Waals surface area contributed by atoms with Gasteiger partial charge >= 0.3 is 0 Å².